The summed E-state index contributed by atoms with van der Waals surface area (Å²) in [6.45, 7) is 14.0. The highest BCUT2D eigenvalue weighted by Crippen LogP contribution is 2.01. The van der Waals surface area contributed by atoms with Crippen molar-refractivity contribution in [1.82, 2.24) is 10.2 Å². The summed E-state index contributed by atoms with van der Waals surface area (Å²) in [7, 11) is 0. The van der Waals surface area contributed by atoms with Gasteiger partial charge in [-0.05, 0) is 52.4 Å². The highest BCUT2D eigenvalue weighted by Gasteiger charge is 2.01. The number of nitrogens with one attached hydrogen (secondary N) is 1. The average Bonchev–Trinajstić information content (AvgIpc) is 2.40. The zero-order valence-electron chi connectivity index (χ0n) is 12.8. The number of rotatable bonds is 14. The Morgan fingerprint density at radius 3 is 2.33 bits per heavy atom. The van der Waals surface area contributed by atoms with Crippen LogP contribution in [0, 0.1) is 0 Å². The molecule has 0 spiro atoms. The van der Waals surface area contributed by atoms with E-state index < -0.39 is 0 Å². The number of likely N-dealkylation sites (N-methyl/N-ethyl adjacent to an activating group) is 1. The molecule has 0 rings (SSSR count). The van der Waals surface area contributed by atoms with E-state index in [0.717, 1.165) is 26.3 Å². The van der Waals surface area contributed by atoms with Crippen LogP contribution in [-0.2, 0) is 4.74 Å². The van der Waals surface area contributed by atoms with E-state index in [1.54, 1.807) is 0 Å². The van der Waals surface area contributed by atoms with Gasteiger partial charge < -0.3 is 15.0 Å². The summed E-state index contributed by atoms with van der Waals surface area (Å²) >= 11 is 0. The van der Waals surface area contributed by atoms with E-state index in [0.29, 0.717) is 0 Å². The molecule has 3 heteroatoms. The molecule has 0 aromatic carbocycles. The predicted octanol–water partition coefficient (Wildman–Crippen LogP) is 2.90. The summed E-state index contributed by atoms with van der Waals surface area (Å²) in [4.78, 5) is 2.49. The van der Waals surface area contributed by atoms with Crippen molar-refractivity contribution in [3.63, 3.8) is 0 Å². The van der Waals surface area contributed by atoms with Crippen molar-refractivity contribution in [2.24, 2.45) is 0 Å². The second kappa shape index (κ2) is 14.9. The number of unbranched alkanes of at least 4 members (excludes halogenated alkanes) is 3. The predicted molar refractivity (Wildman–Crippen MR) is 80.2 cm³/mol. The quantitative estimate of drug-likeness (QED) is 0.485. The van der Waals surface area contributed by atoms with Crippen molar-refractivity contribution >= 4 is 0 Å². The first-order valence-corrected chi connectivity index (χ1v) is 7.85. The minimum absolute atomic E-state index is 0.836. The van der Waals surface area contributed by atoms with Crippen LogP contribution in [0.15, 0.2) is 0 Å². The molecule has 0 unspecified atom stereocenters. The van der Waals surface area contributed by atoms with Crippen molar-refractivity contribution < 1.29 is 4.74 Å². The van der Waals surface area contributed by atoms with Crippen molar-refractivity contribution in [2.75, 3.05) is 45.9 Å². The summed E-state index contributed by atoms with van der Waals surface area (Å²) in [5.74, 6) is 0. The molecule has 1 N–H and O–H groups in total. The van der Waals surface area contributed by atoms with E-state index in [-0.39, 0.29) is 0 Å². The highest BCUT2D eigenvalue weighted by atomic mass is 16.5. The second-order valence-electron chi connectivity index (χ2n) is 4.80. The molecule has 0 radical (unpaired) electrons. The molecule has 0 fully saturated rings. The van der Waals surface area contributed by atoms with E-state index >= 15 is 0 Å². The summed E-state index contributed by atoms with van der Waals surface area (Å²) in [5, 5.41) is 3.45. The van der Waals surface area contributed by atoms with Crippen LogP contribution < -0.4 is 5.32 Å². The van der Waals surface area contributed by atoms with Crippen molar-refractivity contribution in [3.05, 3.63) is 0 Å². The van der Waals surface area contributed by atoms with E-state index in [1.165, 1.54) is 51.7 Å². The lowest BCUT2D eigenvalue weighted by Crippen LogP contribution is -2.28. The van der Waals surface area contributed by atoms with Crippen LogP contribution in [0.2, 0.25) is 0 Å². The van der Waals surface area contributed by atoms with Crippen LogP contribution in [0.1, 0.15) is 52.9 Å². The molecule has 0 aliphatic heterocycles. The van der Waals surface area contributed by atoms with Gasteiger partial charge in [-0.25, -0.2) is 0 Å². The minimum atomic E-state index is 0.836. The Hall–Kier alpha value is -0.120. The van der Waals surface area contributed by atoms with E-state index in [1.807, 2.05) is 0 Å². The van der Waals surface area contributed by atoms with Gasteiger partial charge in [-0.2, -0.15) is 0 Å². The normalized spacial score (nSPS) is 11.3. The molecule has 0 aliphatic rings. The van der Waals surface area contributed by atoms with Crippen LogP contribution in [0.5, 0.6) is 0 Å². The number of hydrogen-bond acceptors (Lipinski definition) is 3. The van der Waals surface area contributed by atoms with Gasteiger partial charge in [-0.15, -0.1) is 0 Å². The molecule has 3 nitrogen and oxygen atoms in total. The van der Waals surface area contributed by atoms with Crippen molar-refractivity contribution in [1.29, 1.82) is 0 Å². The fourth-order valence-electron chi connectivity index (χ4n) is 2.01. The van der Waals surface area contributed by atoms with Gasteiger partial charge in [0, 0.05) is 13.2 Å². The Labute approximate surface area is 114 Å². The van der Waals surface area contributed by atoms with Gasteiger partial charge in [0.05, 0.1) is 6.61 Å². The minimum Gasteiger partial charge on any atom is -0.380 e. The van der Waals surface area contributed by atoms with E-state index in [4.69, 9.17) is 4.74 Å². The van der Waals surface area contributed by atoms with Crippen LogP contribution in [0.4, 0.5) is 0 Å². The second-order valence-corrected chi connectivity index (χ2v) is 4.80. The molecule has 0 aromatic rings. The third-order valence-electron chi connectivity index (χ3n) is 3.21. The van der Waals surface area contributed by atoms with Crippen LogP contribution in [0.3, 0.4) is 0 Å². The Morgan fingerprint density at radius 2 is 1.67 bits per heavy atom. The zero-order chi connectivity index (χ0) is 13.5. The smallest absolute Gasteiger partial charge is 0.0593 e. The lowest BCUT2D eigenvalue weighted by atomic mass is 10.2. The fraction of sp³-hybridized carbons (Fsp3) is 1.00. The molecule has 0 atom stereocenters. The number of ether oxygens (including phenoxy) is 1. The van der Waals surface area contributed by atoms with Gasteiger partial charge in [0.2, 0.25) is 0 Å². The monoisotopic (exact) mass is 258 g/mol. The average molecular weight is 258 g/mol. The van der Waals surface area contributed by atoms with Crippen LogP contribution in [0.25, 0.3) is 0 Å². The van der Waals surface area contributed by atoms with Gasteiger partial charge in [0.15, 0.2) is 0 Å². The van der Waals surface area contributed by atoms with Crippen molar-refractivity contribution in [2.45, 2.75) is 52.9 Å². The first-order chi connectivity index (χ1) is 8.85. The standard InChI is InChI=1S/C15H34N2O/c1-4-11-16-12-9-7-8-10-13-17(5-2)14-15-18-6-3/h16H,4-15H2,1-3H3. The van der Waals surface area contributed by atoms with Gasteiger partial charge >= 0.3 is 0 Å². The van der Waals surface area contributed by atoms with Gasteiger partial charge in [-0.1, -0.05) is 26.7 Å². The molecule has 0 amide bonds. The van der Waals surface area contributed by atoms with E-state index in [2.05, 4.69) is 31.0 Å². The maximum absolute atomic E-state index is 5.40. The Bertz CT molecular complexity index is 153. The number of nitrogens with zero attached hydrogens (tertiary/aromatic N) is 1. The third kappa shape index (κ3) is 12.3. The Balaban J connectivity index is 3.23. The molecule has 0 aliphatic carbocycles. The topological polar surface area (TPSA) is 24.5 Å². The lowest BCUT2D eigenvalue weighted by Gasteiger charge is -2.19. The first-order valence-electron chi connectivity index (χ1n) is 7.85. The largest absolute Gasteiger partial charge is 0.380 e. The molecule has 0 heterocycles. The maximum atomic E-state index is 5.40. The summed E-state index contributed by atoms with van der Waals surface area (Å²) in [6.07, 6.45) is 6.61. The molecule has 18 heavy (non-hydrogen) atoms. The summed E-state index contributed by atoms with van der Waals surface area (Å²) in [6, 6.07) is 0. The summed E-state index contributed by atoms with van der Waals surface area (Å²) < 4.78 is 5.40. The molecule has 0 bridgehead atoms. The van der Waals surface area contributed by atoms with Gasteiger partial charge in [-0.3, -0.25) is 0 Å². The molecular formula is C15H34N2O. The molecule has 110 valence electrons. The number of hydrogen-bond donors (Lipinski definition) is 1. The summed E-state index contributed by atoms with van der Waals surface area (Å²) in [5.41, 5.74) is 0. The first kappa shape index (κ1) is 17.9. The SMILES string of the molecule is CCCNCCCCCCN(CC)CCOCC. The Kier molecular flexibility index (Phi) is 14.8. The van der Waals surface area contributed by atoms with Crippen molar-refractivity contribution in [3.8, 4) is 0 Å². The highest BCUT2D eigenvalue weighted by molar-refractivity contribution is 4.56. The van der Waals surface area contributed by atoms with Crippen LogP contribution in [-0.4, -0.2) is 50.8 Å². The lowest BCUT2D eigenvalue weighted by molar-refractivity contribution is 0.114. The molecule has 0 saturated heterocycles. The maximum Gasteiger partial charge on any atom is 0.0593 e. The molecule has 0 saturated carbocycles. The third-order valence-corrected chi connectivity index (χ3v) is 3.21. The van der Waals surface area contributed by atoms with Gasteiger partial charge in [0.1, 0.15) is 0 Å². The molecule has 0 aromatic heterocycles. The van der Waals surface area contributed by atoms with E-state index in [9.17, 15) is 0 Å². The Morgan fingerprint density at radius 1 is 0.889 bits per heavy atom. The fourth-order valence-corrected chi connectivity index (χ4v) is 2.01. The zero-order valence-corrected chi connectivity index (χ0v) is 12.8. The van der Waals surface area contributed by atoms with Gasteiger partial charge in [0.25, 0.3) is 0 Å². The molecular weight excluding hydrogens is 224 g/mol. The van der Waals surface area contributed by atoms with Crippen LogP contribution >= 0.6 is 0 Å².